The highest BCUT2D eigenvalue weighted by atomic mass is 32.2. The number of halogens is 3. The highest BCUT2D eigenvalue weighted by Gasteiger charge is 2.48. The number of ether oxygens (including phenoxy) is 1. The molecule has 0 saturated carbocycles. The summed E-state index contributed by atoms with van der Waals surface area (Å²) in [5.74, 6) is 4.86. The summed E-state index contributed by atoms with van der Waals surface area (Å²) < 4.78 is 69.0. The summed E-state index contributed by atoms with van der Waals surface area (Å²) >= 11 is 0. The molecule has 0 spiro atoms. The van der Waals surface area contributed by atoms with Gasteiger partial charge in [-0.05, 0) is 61.4 Å². The second kappa shape index (κ2) is 9.01. The molecule has 0 unspecified atom stereocenters. The van der Waals surface area contributed by atoms with Crippen LogP contribution in [0.25, 0.3) is 0 Å². The predicted molar refractivity (Wildman–Crippen MR) is 99.8 cm³/mol. The molecule has 2 aromatic carbocycles. The first-order chi connectivity index (χ1) is 13.6. The van der Waals surface area contributed by atoms with Crippen LogP contribution in [0.2, 0.25) is 0 Å². The second-order valence-corrected chi connectivity index (χ2v) is 7.24. The predicted octanol–water partition coefficient (Wildman–Crippen LogP) is 4.05. The number of hydrogen-bond acceptors (Lipinski definition) is 5. The van der Waals surface area contributed by atoms with E-state index in [0.717, 1.165) is 6.07 Å². The van der Waals surface area contributed by atoms with Gasteiger partial charge in [-0.2, -0.15) is 21.6 Å². The van der Waals surface area contributed by atoms with Crippen molar-refractivity contribution in [2.75, 3.05) is 6.61 Å². The van der Waals surface area contributed by atoms with E-state index in [1.54, 1.807) is 38.1 Å². The summed E-state index contributed by atoms with van der Waals surface area (Å²) in [5.41, 5.74) is -3.78. The van der Waals surface area contributed by atoms with E-state index in [2.05, 4.69) is 16.0 Å². The number of rotatable bonds is 5. The highest BCUT2D eigenvalue weighted by molar-refractivity contribution is 7.88. The molecule has 0 aliphatic carbocycles. The van der Waals surface area contributed by atoms with Crippen LogP contribution in [-0.2, 0) is 21.3 Å². The normalized spacial score (nSPS) is 11.3. The molecule has 0 fully saturated rings. The molecule has 0 aromatic heterocycles. The Morgan fingerprint density at radius 1 is 1.00 bits per heavy atom. The largest absolute Gasteiger partial charge is 0.534 e. The molecular weight excluding hydrogens is 409 g/mol. The van der Waals surface area contributed by atoms with Crippen LogP contribution in [0.4, 0.5) is 13.2 Å². The van der Waals surface area contributed by atoms with Gasteiger partial charge >= 0.3 is 21.6 Å². The van der Waals surface area contributed by atoms with Crippen LogP contribution in [0.5, 0.6) is 5.75 Å². The van der Waals surface area contributed by atoms with Crippen molar-refractivity contribution in [3.8, 4) is 17.6 Å². The fourth-order valence-electron chi connectivity index (χ4n) is 2.23. The SMILES string of the molecule is CCOC(=O)c1ccc(C#Cc2ccc(OS(=O)(=O)C(F)(F)F)c(CC)c2)cc1. The Morgan fingerprint density at radius 2 is 1.59 bits per heavy atom. The number of esters is 1. The third-order valence-corrected chi connectivity index (χ3v) is 4.64. The van der Waals surface area contributed by atoms with E-state index < -0.39 is 27.3 Å². The Morgan fingerprint density at radius 3 is 2.14 bits per heavy atom. The monoisotopic (exact) mass is 426 g/mol. The summed E-state index contributed by atoms with van der Waals surface area (Å²) in [7, 11) is -5.74. The van der Waals surface area contributed by atoms with Crippen molar-refractivity contribution >= 4 is 16.1 Å². The molecule has 0 N–H and O–H groups in total. The van der Waals surface area contributed by atoms with Gasteiger partial charge in [0, 0.05) is 11.1 Å². The molecule has 0 radical (unpaired) electrons. The van der Waals surface area contributed by atoms with Crippen molar-refractivity contribution in [3.63, 3.8) is 0 Å². The zero-order valence-corrected chi connectivity index (χ0v) is 16.4. The summed E-state index contributed by atoms with van der Waals surface area (Å²) in [6.45, 7) is 3.62. The van der Waals surface area contributed by atoms with E-state index >= 15 is 0 Å². The molecule has 0 heterocycles. The molecule has 0 amide bonds. The molecule has 0 aliphatic heterocycles. The second-order valence-electron chi connectivity index (χ2n) is 5.71. The van der Waals surface area contributed by atoms with Gasteiger partial charge in [-0.25, -0.2) is 4.79 Å². The standard InChI is InChI=1S/C20H17F3O5S/c1-3-16-13-15(9-12-18(16)28-29(25,26)20(21,22)23)6-5-14-7-10-17(11-8-14)19(24)27-4-2/h7-13H,3-4H2,1-2H3. The van der Waals surface area contributed by atoms with Crippen molar-refractivity contribution in [1.82, 2.24) is 0 Å². The van der Waals surface area contributed by atoms with Crippen LogP contribution in [0, 0.1) is 11.8 Å². The van der Waals surface area contributed by atoms with Crippen molar-refractivity contribution in [2.45, 2.75) is 25.8 Å². The molecule has 154 valence electrons. The van der Waals surface area contributed by atoms with Crippen LogP contribution >= 0.6 is 0 Å². The summed E-state index contributed by atoms with van der Waals surface area (Å²) in [5, 5.41) is 0. The summed E-state index contributed by atoms with van der Waals surface area (Å²) in [6, 6.07) is 10.4. The Bertz CT molecular complexity index is 1050. The first-order valence-electron chi connectivity index (χ1n) is 8.50. The van der Waals surface area contributed by atoms with Gasteiger partial charge in [-0.15, -0.1) is 0 Å². The maximum Gasteiger partial charge on any atom is 0.534 e. The van der Waals surface area contributed by atoms with Crippen molar-refractivity contribution in [3.05, 3.63) is 64.7 Å². The molecular formula is C20H17F3O5S. The number of alkyl halides is 3. The number of aryl methyl sites for hydroxylation is 1. The maximum atomic E-state index is 12.5. The topological polar surface area (TPSA) is 69.7 Å². The average molecular weight is 426 g/mol. The highest BCUT2D eigenvalue weighted by Crippen LogP contribution is 2.29. The van der Waals surface area contributed by atoms with E-state index in [4.69, 9.17) is 4.74 Å². The first-order valence-corrected chi connectivity index (χ1v) is 9.91. The molecule has 2 aromatic rings. The Labute approximate surface area is 166 Å². The van der Waals surface area contributed by atoms with E-state index in [0.29, 0.717) is 16.7 Å². The van der Waals surface area contributed by atoms with Gasteiger partial charge in [-0.3, -0.25) is 0 Å². The molecule has 29 heavy (non-hydrogen) atoms. The minimum absolute atomic E-state index is 0.243. The van der Waals surface area contributed by atoms with Crippen LogP contribution in [0.1, 0.15) is 40.9 Å². The van der Waals surface area contributed by atoms with Crippen LogP contribution in [0.15, 0.2) is 42.5 Å². The van der Waals surface area contributed by atoms with E-state index in [1.807, 2.05) is 0 Å². The van der Waals surface area contributed by atoms with Gasteiger partial charge in [0.05, 0.1) is 12.2 Å². The van der Waals surface area contributed by atoms with Crippen molar-refractivity contribution in [2.24, 2.45) is 0 Å². The molecule has 0 atom stereocenters. The maximum absolute atomic E-state index is 12.5. The quantitative estimate of drug-likeness (QED) is 0.312. The zero-order chi connectivity index (χ0) is 21.7. The Balaban J connectivity index is 2.23. The zero-order valence-electron chi connectivity index (χ0n) is 15.5. The molecule has 0 bridgehead atoms. The molecule has 2 rings (SSSR count). The van der Waals surface area contributed by atoms with E-state index in [-0.39, 0.29) is 18.6 Å². The summed E-state index contributed by atoms with van der Waals surface area (Å²) in [4.78, 5) is 11.6. The molecule has 9 heteroatoms. The lowest BCUT2D eigenvalue weighted by atomic mass is 10.1. The Hall–Kier alpha value is -2.99. The molecule has 0 saturated heterocycles. The van der Waals surface area contributed by atoms with Gasteiger partial charge in [-0.1, -0.05) is 18.8 Å². The third kappa shape index (κ3) is 5.74. The number of carbonyl (C=O) groups is 1. The van der Waals surface area contributed by atoms with Gasteiger partial charge in [0.1, 0.15) is 5.75 Å². The first kappa shape index (κ1) is 22.3. The average Bonchev–Trinajstić information content (AvgIpc) is 2.66. The van der Waals surface area contributed by atoms with Gasteiger partial charge in [0.2, 0.25) is 0 Å². The van der Waals surface area contributed by atoms with Gasteiger partial charge < -0.3 is 8.92 Å². The lowest BCUT2D eigenvalue weighted by Crippen LogP contribution is -2.28. The van der Waals surface area contributed by atoms with Crippen LogP contribution in [-0.4, -0.2) is 26.5 Å². The van der Waals surface area contributed by atoms with Gasteiger partial charge in [0.25, 0.3) is 0 Å². The van der Waals surface area contributed by atoms with E-state index in [9.17, 15) is 26.4 Å². The van der Waals surface area contributed by atoms with Crippen molar-refractivity contribution < 1.29 is 35.3 Å². The third-order valence-electron chi connectivity index (χ3n) is 3.67. The lowest BCUT2D eigenvalue weighted by molar-refractivity contribution is -0.0500. The smallest absolute Gasteiger partial charge is 0.462 e. The fourth-order valence-corrected chi connectivity index (χ4v) is 2.72. The minimum atomic E-state index is -5.74. The van der Waals surface area contributed by atoms with Gasteiger partial charge in [0.15, 0.2) is 0 Å². The van der Waals surface area contributed by atoms with E-state index in [1.165, 1.54) is 12.1 Å². The number of carbonyl (C=O) groups excluding carboxylic acids is 1. The van der Waals surface area contributed by atoms with Crippen LogP contribution < -0.4 is 4.18 Å². The fraction of sp³-hybridized carbons (Fsp3) is 0.250. The molecule has 5 nitrogen and oxygen atoms in total. The number of benzene rings is 2. The van der Waals surface area contributed by atoms with Crippen molar-refractivity contribution in [1.29, 1.82) is 0 Å². The van der Waals surface area contributed by atoms with Crippen LogP contribution in [0.3, 0.4) is 0 Å². The lowest BCUT2D eigenvalue weighted by Gasteiger charge is -2.12. The summed E-state index contributed by atoms with van der Waals surface area (Å²) in [6.07, 6.45) is 0.243. The number of hydrogen-bond donors (Lipinski definition) is 0. The molecule has 0 aliphatic rings. The minimum Gasteiger partial charge on any atom is -0.462 e. The Kier molecular flexibility index (Phi) is 6.93.